The van der Waals surface area contributed by atoms with Gasteiger partial charge in [0.1, 0.15) is 24.4 Å². The van der Waals surface area contributed by atoms with Gasteiger partial charge in [0, 0.05) is 6.20 Å². The van der Waals surface area contributed by atoms with E-state index in [-0.39, 0.29) is 4.57 Å². The highest BCUT2D eigenvalue weighted by molar-refractivity contribution is 4.95. The molecule has 1 aliphatic heterocycles. The summed E-state index contributed by atoms with van der Waals surface area (Å²) in [5.74, 6) is -1.29. The summed E-state index contributed by atoms with van der Waals surface area (Å²) in [6.07, 6.45) is -7.78. The molecule has 10 heteroatoms. The van der Waals surface area contributed by atoms with E-state index >= 15 is 0 Å². The zero-order valence-electron chi connectivity index (χ0n) is 10.0. The maximum atomic E-state index is 13.2. The van der Waals surface area contributed by atoms with Gasteiger partial charge in [0.15, 0.2) is 6.23 Å². The Balaban J connectivity index is 2.49. The van der Waals surface area contributed by atoms with Gasteiger partial charge < -0.3 is 30.1 Å². The SMILES string of the molecule is O=c1[nH]cc(F)c(=O)n1[C@@H]1O[C@H](CO)[C@H](O)[C@H](O)[C@H]1O. The Bertz CT molecular complexity index is 598. The number of aromatic amines is 1. The molecule has 9 nitrogen and oxygen atoms in total. The van der Waals surface area contributed by atoms with Crippen molar-refractivity contribution in [2.24, 2.45) is 0 Å². The molecule has 2 rings (SSSR count). The van der Waals surface area contributed by atoms with Gasteiger partial charge in [0.25, 0.3) is 5.56 Å². The van der Waals surface area contributed by atoms with Crippen LogP contribution in [0.3, 0.4) is 0 Å². The zero-order valence-corrected chi connectivity index (χ0v) is 10.0. The standard InChI is InChI=1S/C10H13FN2O7/c11-3-1-12-10(19)13(8(3)18)9-7(17)6(16)5(15)4(2-14)20-9/h1,4-7,9,14-17H,2H2,(H,12,19)/t4-,5+,6+,7-,9-/m1/s1. The predicted octanol–water partition coefficient (Wildman–Crippen LogP) is -3.35. The zero-order chi connectivity index (χ0) is 15.0. The maximum Gasteiger partial charge on any atom is 0.330 e. The molecular formula is C10H13FN2O7. The van der Waals surface area contributed by atoms with Gasteiger partial charge in [-0.15, -0.1) is 0 Å². The van der Waals surface area contributed by atoms with Gasteiger partial charge in [0.2, 0.25) is 5.82 Å². The molecule has 112 valence electrons. The summed E-state index contributed by atoms with van der Waals surface area (Å²) in [7, 11) is 0. The first-order valence-electron chi connectivity index (χ1n) is 5.68. The van der Waals surface area contributed by atoms with Gasteiger partial charge in [-0.3, -0.25) is 4.79 Å². The van der Waals surface area contributed by atoms with E-state index in [1.54, 1.807) is 0 Å². The molecule has 0 saturated carbocycles. The molecule has 5 atom stereocenters. The summed E-state index contributed by atoms with van der Waals surface area (Å²) in [5.41, 5.74) is -2.43. The van der Waals surface area contributed by atoms with E-state index in [4.69, 9.17) is 9.84 Å². The summed E-state index contributed by atoms with van der Waals surface area (Å²) >= 11 is 0. The molecule has 0 spiro atoms. The molecule has 1 aliphatic rings. The Morgan fingerprint density at radius 2 is 1.90 bits per heavy atom. The number of hydrogen-bond donors (Lipinski definition) is 5. The lowest BCUT2D eigenvalue weighted by Gasteiger charge is -2.39. The molecule has 0 unspecified atom stereocenters. The molecule has 20 heavy (non-hydrogen) atoms. The molecule has 1 aromatic heterocycles. The van der Waals surface area contributed by atoms with Crippen molar-refractivity contribution in [1.29, 1.82) is 0 Å². The fraction of sp³-hybridized carbons (Fsp3) is 0.600. The van der Waals surface area contributed by atoms with Crippen LogP contribution < -0.4 is 11.2 Å². The van der Waals surface area contributed by atoms with Crippen molar-refractivity contribution >= 4 is 0 Å². The fourth-order valence-electron chi connectivity index (χ4n) is 1.99. The summed E-state index contributed by atoms with van der Waals surface area (Å²) < 4.78 is 18.4. The molecule has 2 heterocycles. The van der Waals surface area contributed by atoms with Crippen LogP contribution >= 0.6 is 0 Å². The van der Waals surface area contributed by atoms with Crippen LogP contribution in [-0.2, 0) is 4.74 Å². The van der Waals surface area contributed by atoms with Crippen molar-refractivity contribution in [3.8, 4) is 0 Å². The first kappa shape index (κ1) is 14.8. The maximum absolute atomic E-state index is 13.2. The Hall–Kier alpha value is -1.59. The number of aliphatic hydroxyl groups excluding tert-OH is 4. The number of aliphatic hydroxyl groups is 4. The van der Waals surface area contributed by atoms with E-state index < -0.39 is 54.3 Å². The lowest BCUT2D eigenvalue weighted by molar-refractivity contribution is -0.253. The van der Waals surface area contributed by atoms with E-state index in [1.165, 1.54) is 0 Å². The molecule has 0 aromatic carbocycles. The summed E-state index contributed by atoms with van der Waals surface area (Å²) in [5, 5.41) is 37.9. The molecular weight excluding hydrogens is 279 g/mol. The van der Waals surface area contributed by atoms with Crippen LogP contribution in [0.15, 0.2) is 15.8 Å². The summed E-state index contributed by atoms with van der Waals surface area (Å²) in [4.78, 5) is 25.1. The highest BCUT2D eigenvalue weighted by Crippen LogP contribution is 2.26. The molecule has 0 aliphatic carbocycles. The summed E-state index contributed by atoms with van der Waals surface area (Å²) in [6.45, 7) is -0.733. The van der Waals surface area contributed by atoms with Crippen LogP contribution in [0.1, 0.15) is 6.23 Å². The minimum atomic E-state index is -1.85. The normalized spacial score (nSPS) is 34.1. The van der Waals surface area contributed by atoms with E-state index in [0.717, 1.165) is 0 Å². The van der Waals surface area contributed by atoms with Crippen LogP contribution in [0, 0.1) is 5.82 Å². The van der Waals surface area contributed by atoms with Gasteiger partial charge in [-0.1, -0.05) is 0 Å². The number of halogens is 1. The molecule has 0 amide bonds. The largest absolute Gasteiger partial charge is 0.394 e. The van der Waals surface area contributed by atoms with Crippen molar-refractivity contribution in [2.45, 2.75) is 30.6 Å². The van der Waals surface area contributed by atoms with Crippen LogP contribution in [0.25, 0.3) is 0 Å². The van der Waals surface area contributed by atoms with E-state index in [1.807, 2.05) is 4.98 Å². The Morgan fingerprint density at radius 3 is 2.50 bits per heavy atom. The Morgan fingerprint density at radius 1 is 1.25 bits per heavy atom. The van der Waals surface area contributed by atoms with Gasteiger partial charge in [-0.2, -0.15) is 4.39 Å². The highest BCUT2D eigenvalue weighted by Gasteiger charge is 2.45. The van der Waals surface area contributed by atoms with Crippen LogP contribution in [0.4, 0.5) is 4.39 Å². The minimum absolute atomic E-state index is 0.234. The smallest absolute Gasteiger partial charge is 0.330 e. The third-order valence-electron chi connectivity index (χ3n) is 3.09. The molecule has 1 aromatic rings. The second kappa shape index (κ2) is 5.42. The van der Waals surface area contributed by atoms with Crippen LogP contribution in [0.5, 0.6) is 0 Å². The fourth-order valence-corrected chi connectivity index (χ4v) is 1.99. The second-order valence-corrected chi connectivity index (χ2v) is 4.34. The van der Waals surface area contributed by atoms with Crippen molar-refractivity contribution in [3.63, 3.8) is 0 Å². The quantitative estimate of drug-likeness (QED) is 0.383. The lowest BCUT2D eigenvalue weighted by Crippen LogP contribution is -2.59. The van der Waals surface area contributed by atoms with E-state index in [0.29, 0.717) is 6.20 Å². The topological polar surface area (TPSA) is 145 Å². The average molecular weight is 292 g/mol. The number of hydrogen-bond acceptors (Lipinski definition) is 7. The van der Waals surface area contributed by atoms with Gasteiger partial charge in [-0.05, 0) is 0 Å². The predicted molar refractivity (Wildman–Crippen MR) is 60.3 cm³/mol. The van der Waals surface area contributed by atoms with Crippen LogP contribution in [0.2, 0.25) is 0 Å². The third-order valence-corrected chi connectivity index (χ3v) is 3.09. The van der Waals surface area contributed by atoms with Crippen molar-refractivity contribution in [3.05, 3.63) is 32.9 Å². The van der Waals surface area contributed by atoms with E-state index in [2.05, 4.69) is 0 Å². The van der Waals surface area contributed by atoms with Gasteiger partial charge >= 0.3 is 5.69 Å². The van der Waals surface area contributed by atoms with Crippen molar-refractivity contribution in [1.82, 2.24) is 9.55 Å². The number of ether oxygens (including phenoxy) is 1. The van der Waals surface area contributed by atoms with Crippen LogP contribution in [-0.4, -0.2) is 61.0 Å². The monoisotopic (exact) mass is 292 g/mol. The third kappa shape index (κ3) is 2.27. The molecule has 0 bridgehead atoms. The highest BCUT2D eigenvalue weighted by atomic mass is 19.1. The number of H-pyrrole nitrogens is 1. The first-order chi connectivity index (χ1) is 9.38. The van der Waals surface area contributed by atoms with Crippen molar-refractivity contribution in [2.75, 3.05) is 6.61 Å². The van der Waals surface area contributed by atoms with Crippen molar-refractivity contribution < 1.29 is 29.6 Å². The number of nitrogens with one attached hydrogen (secondary N) is 1. The second-order valence-electron chi connectivity index (χ2n) is 4.34. The lowest BCUT2D eigenvalue weighted by atomic mass is 9.98. The minimum Gasteiger partial charge on any atom is -0.394 e. The summed E-state index contributed by atoms with van der Waals surface area (Å²) in [6, 6.07) is 0. The molecule has 5 N–H and O–H groups in total. The number of nitrogens with zero attached hydrogens (tertiary/aromatic N) is 1. The first-order valence-corrected chi connectivity index (χ1v) is 5.68. The van der Waals surface area contributed by atoms with E-state index in [9.17, 15) is 29.3 Å². The Labute approximate surface area is 110 Å². The number of aromatic nitrogens is 2. The number of rotatable bonds is 2. The Kier molecular flexibility index (Phi) is 4.01. The molecule has 0 radical (unpaired) electrons. The van der Waals surface area contributed by atoms with Gasteiger partial charge in [-0.25, -0.2) is 9.36 Å². The molecule has 1 saturated heterocycles. The average Bonchev–Trinajstić information content (AvgIpc) is 2.43. The molecule has 1 fully saturated rings. The van der Waals surface area contributed by atoms with Gasteiger partial charge in [0.05, 0.1) is 6.61 Å².